The summed E-state index contributed by atoms with van der Waals surface area (Å²) < 4.78 is 0. The molecule has 0 heterocycles. The maximum Gasteiger partial charge on any atom is 0.306 e. The fourth-order valence-electron chi connectivity index (χ4n) is 3.91. The SMILES string of the molecule is C[C@H](NC1CCC(C(=O)O)CC1)C(=O)N[C@@H](CCCN=C(N)N)C(=O)NCc1ccccc1. The molecule has 1 aliphatic carbocycles. The number of guanidine groups is 1. The van der Waals surface area contributed by atoms with Crippen LogP contribution < -0.4 is 27.4 Å². The molecule has 2 rings (SSSR count). The van der Waals surface area contributed by atoms with Crippen molar-refractivity contribution in [3.63, 3.8) is 0 Å². The minimum atomic E-state index is -0.760. The Hall–Kier alpha value is -3.14. The van der Waals surface area contributed by atoms with Crippen molar-refractivity contribution < 1.29 is 19.5 Å². The number of nitrogens with one attached hydrogen (secondary N) is 3. The van der Waals surface area contributed by atoms with Crippen LogP contribution in [0.5, 0.6) is 0 Å². The largest absolute Gasteiger partial charge is 0.481 e. The van der Waals surface area contributed by atoms with Crippen molar-refractivity contribution in [1.82, 2.24) is 16.0 Å². The molecule has 0 radical (unpaired) electrons. The van der Waals surface area contributed by atoms with E-state index in [1.165, 1.54) is 0 Å². The molecule has 2 amide bonds. The molecule has 0 aliphatic heterocycles. The summed E-state index contributed by atoms with van der Waals surface area (Å²) in [7, 11) is 0. The van der Waals surface area contributed by atoms with Gasteiger partial charge >= 0.3 is 5.97 Å². The lowest BCUT2D eigenvalue weighted by molar-refractivity contribution is -0.143. The Kier molecular flexibility index (Phi) is 10.6. The highest BCUT2D eigenvalue weighted by Crippen LogP contribution is 2.24. The zero-order valence-corrected chi connectivity index (χ0v) is 19.1. The number of carbonyl (C=O) groups is 3. The van der Waals surface area contributed by atoms with E-state index in [-0.39, 0.29) is 29.7 Å². The first kappa shape index (κ1) is 26.1. The van der Waals surface area contributed by atoms with Crippen LogP contribution in [0.3, 0.4) is 0 Å². The molecular weight excluding hydrogens is 424 g/mol. The minimum absolute atomic E-state index is 0.0143. The van der Waals surface area contributed by atoms with Crippen LogP contribution in [-0.2, 0) is 20.9 Å². The van der Waals surface area contributed by atoms with Crippen molar-refractivity contribution in [2.24, 2.45) is 22.4 Å². The van der Waals surface area contributed by atoms with E-state index in [9.17, 15) is 14.4 Å². The van der Waals surface area contributed by atoms with Crippen molar-refractivity contribution in [3.8, 4) is 0 Å². The van der Waals surface area contributed by atoms with Crippen LogP contribution in [0.25, 0.3) is 0 Å². The highest BCUT2D eigenvalue weighted by Gasteiger charge is 2.29. The van der Waals surface area contributed by atoms with Crippen molar-refractivity contribution in [2.45, 2.75) is 70.1 Å². The Morgan fingerprint density at radius 1 is 1.09 bits per heavy atom. The molecule has 10 nitrogen and oxygen atoms in total. The number of carboxylic acid groups (broad SMARTS) is 1. The third-order valence-corrected chi connectivity index (χ3v) is 5.84. The Morgan fingerprint density at radius 2 is 1.76 bits per heavy atom. The first-order valence-corrected chi connectivity index (χ1v) is 11.4. The predicted molar refractivity (Wildman–Crippen MR) is 126 cm³/mol. The van der Waals surface area contributed by atoms with Crippen LogP contribution in [0.2, 0.25) is 0 Å². The second kappa shape index (κ2) is 13.4. The van der Waals surface area contributed by atoms with Crippen molar-refractivity contribution >= 4 is 23.7 Å². The molecule has 0 bridgehead atoms. The molecule has 1 aromatic rings. The highest BCUT2D eigenvalue weighted by molar-refractivity contribution is 5.89. The Morgan fingerprint density at radius 3 is 2.36 bits per heavy atom. The Balaban J connectivity index is 1.89. The van der Waals surface area contributed by atoms with Crippen LogP contribution >= 0.6 is 0 Å². The van der Waals surface area contributed by atoms with Gasteiger partial charge in [0.2, 0.25) is 11.8 Å². The number of aliphatic carboxylic acids is 1. The molecule has 0 unspecified atom stereocenters. The van der Waals surface area contributed by atoms with Crippen LogP contribution in [-0.4, -0.2) is 53.5 Å². The minimum Gasteiger partial charge on any atom is -0.481 e. The monoisotopic (exact) mass is 460 g/mol. The molecular formula is C23H36N6O4. The number of aliphatic imine (C=N–C) groups is 1. The van der Waals surface area contributed by atoms with E-state index >= 15 is 0 Å². The molecule has 182 valence electrons. The lowest BCUT2D eigenvalue weighted by atomic mass is 9.86. The van der Waals surface area contributed by atoms with Gasteiger partial charge in [-0.25, -0.2) is 0 Å². The van der Waals surface area contributed by atoms with E-state index in [1.54, 1.807) is 6.92 Å². The standard InChI is InChI=1S/C23H36N6O4/c1-15(28-18-11-9-17(10-12-18)22(32)33)20(30)29-19(8-5-13-26-23(24)25)21(31)27-14-16-6-3-2-4-7-16/h2-4,6-7,15,17-19,28H,5,8-14H2,1H3,(H,27,31)(H,29,30)(H,32,33)(H4,24,25,26)/t15-,17?,18?,19-/m0/s1. The highest BCUT2D eigenvalue weighted by atomic mass is 16.4. The van der Waals surface area contributed by atoms with E-state index in [0.717, 1.165) is 5.56 Å². The van der Waals surface area contributed by atoms with Gasteiger partial charge in [0.1, 0.15) is 6.04 Å². The fraction of sp³-hybridized carbons (Fsp3) is 0.565. The van der Waals surface area contributed by atoms with E-state index < -0.39 is 18.1 Å². The van der Waals surface area contributed by atoms with E-state index in [2.05, 4.69) is 20.9 Å². The van der Waals surface area contributed by atoms with Gasteiger partial charge < -0.3 is 32.5 Å². The molecule has 33 heavy (non-hydrogen) atoms. The Labute approximate surface area is 194 Å². The summed E-state index contributed by atoms with van der Waals surface area (Å²) in [4.78, 5) is 40.7. The molecule has 8 N–H and O–H groups in total. The van der Waals surface area contributed by atoms with E-state index in [0.29, 0.717) is 51.6 Å². The first-order valence-electron chi connectivity index (χ1n) is 11.4. The van der Waals surface area contributed by atoms with Crippen LogP contribution in [0, 0.1) is 5.92 Å². The van der Waals surface area contributed by atoms with Gasteiger partial charge in [-0.3, -0.25) is 19.4 Å². The predicted octanol–water partition coefficient (Wildman–Crippen LogP) is 0.463. The van der Waals surface area contributed by atoms with Gasteiger partial charge in [0.15, 0.2) is 5.96 Å². The number of rotatable bonds is 12. The van der Waals surface area contributed by atoms with Gasteiger partial charge in [0, 0.05) is 19.1 Å². The van der Waals surface area contributed by atoms with Crippen LogP contribution in [0.4, 0.5) is 0 Å². The third kappa shape index (κ3) is 9.48. The second-order valence-electron chi connectivity index (χ2n) is 8.49. The normalized spacial score (nSPS) is 19.7. The zero-order chi connectivity index (χ0) is 24.2. The smallest absolute Gasteiger partial charge is 0.306 e. The van der Waals surface area contributed by atoms with Gasteiger partial charge in [-0.15, -0.1) is 0 Å². The molecule has 10 heteroatoms. The second-order valence-corrected chi connectivity index (χ2v) is 8.49. The molecule has 1 aliphatic rings. The summed E-state index contributed by atoms with van der Waals surface area (Å²) in [5, 5.41) is 18.1. The molecule has 0 saturated heterocycles. The van der Waals surface area contributed by atoms with E-state index in [1.807, 2.05) is 30.3 Å². The maximum absolute atomic E-state index is 12.8. The number of benzene rings is 1. The summed E-state index contributed by atoms with van der Waals surface area (Å²) in [6.07, 6.45) is 3.51. The molecule has 1 fully saturated rings. The number of hydrogen-bond acceptors (Lipinski definition) is 5. The molecule has 0 aromatic heterocycles. The molecule has 1 aromatic carbocycles. The summed E-state index contributed by atoms with van der Waals surface area (Å²) >= 11 is 0. The third-order valence-electron chi connectivity index (χ3n) is 5.84. The van der Waals surface area contributed by atoms with Crippen LogP contribution in [0.1, 0.15) is 51.0 Å². The first-order chi connectivity index (χ1) is 15.8. The number of hydrogen-bond donors (Lipinski definition) is 6. The van der Waals surface area contributed by atoms with Crippen molar-refractivity contribution in [3.05, 3.63) is 35.9 Å². The lowest BCUT2D eigenvalue weighted by Crippen LogP contribution is -2.53. The van der Waals surface area contributed by atoms with E-state index in [4.69, 9.17) is 16.6 Å². The van der Waals surface area contributed by atoms with Gasteiger partial charge in [-0.05, 0) is 51.0 Å². The number of nitrogens with zero attached hydrogens (tertiary/aromatic N) is 1. The van der Waals surface area contributed by atoms with Gasteiger partial charge in [0.25, 0.3) is 0 Å². The molecule has 1 saturated carbocycles. The number of amides is 2. The number of carboxylic acids is 1. The quantitative estimate of drug-likeness (QED) is 0.149. The van der Waals surface area contributed by atoms with Crippen molar-refractivity contribution in [1.29, 1.82) is 0 Å². The summed E-state index contributed by atoms with van der Waals surface area (Å²) in [5.41, 5.74) is 11.7. The molecule has 0 spiro atoms. The van der Waals surface area contributed by atoms with Crippen molar-refractivity contribution in [2.75, 3.05) is 6.54 Å². The lowest BCUT2D eigenvalue weighted by Gasteiger charge is -2.29. The average molecular weight is 461 g/mol. The fourth-order valence-corrected chi connectivity index (χ4v) is 3.91. The average Bonchev–Trinajstić information content (AvgIpc) is 2.80. The summed E-state index contributed by atoms with van der Waals surface area (Å²) in [6, 6.07) is 8.37. The zero-order valence-electron chi connectivity index (χ0n) is 19.1. The number of carbonyl (C=O) groups excluding carboxylic acids is 2. The number of nitrogens with two attached hydrogens (primary N) is 2. The van der Waals surface area contributed by atoms with Gasteiger partial charge in [-0.1, -0.05) is 30.3 Å². The summed E-state index contributed by atoms with van der Waals surface area (Å²) in [6.45, 7) is 2.47. The molecule has 2 atom stereocenters. The van der Waals surface area contributed by atoms with Crippen LogP contribution in [0.15, 0.2) is 35.3 Å². The van der Waals surface area contributed by atoms with Gasteiger partial charge in [-0.2, -0.15) is 0 Å². The van der Waals surface area contributed by atoms with Gasteiger partial charge in [0.05, 0.1) is 12.0 Å². The summed E-state index contributed by atoms with van der Waals surface area (Å²) in [5.74, 6) is -1.64. The maximum atomic E-state index is 12.8. The Bertz CT molecular complexity index is 804. The topological polar surface area (TPSA) is 172 Å².